The van der Waals surface area contributed by atoms with E-state index in [1.807, 2.05) is 0 Å². The Labute approximate surface area is 117 Å². The van der Waals surface area contributed by atoms with E-state index in [0.29, 0.717) is 18.5 Å². The van der Waals surface area contributed by atoms with Crippen LogP contribution in [0.25, 0.3) is 0 Å². The molecule has 2 N–H and O–H groups in total. The number of rotatable bonds is 7. The summed E-state index contributed by atoms with van der Waals surface area (Å²) in [5, 5.41) is 6.38. The number of carbonyl (C=O) groups excluding carboxylic acids is 1. The van der Waals surface area contributed by atoms with Crippen LogP contribution in [0.3, 0.4) is 0 Å². The third kappa shape index (κ3) is 6.89. The van der Waals surface area contributed by atoms with Crippen molar-refractivity contribution in [1.82, 2.24) is 20.4 Å². The van der Waals surface area contributed by atoms with Gasteiger partial charge in [0, 0.05) is 44.7 Å². The van der Waals surface area contributed by atoms with Crippen LogP contribution in [-0.4, -0.2) is 74.6 Å². The first-order chi connectivity index (χ1) is 8.99. The van der Waals surface area contributed by atoms with Gasteiger partial charge < -0.3 is 15.5 Å². The summed E-state index contributed by atoms with van der Waals surface area (Å²) in [7, 11) is 4.27. The molecule has 1 saturated heterocycles. The highest BCUT2D eigenvalue weighted by molar-refractivity contribution is 5.75. The van der Waals surface area contributed by atoms with Crippen molar-refractivity contribution in [2.75, 3.05) is 46.8 Å². The summed E-state index contributed by atoms with van der Waals surface area (Å²) in [6.07, 6.45) is 1.52. The molecule has 1 unspecified atom stereocenters. The summed E-state index contributed by atoms with van der Waals surface area (Å²) in [6.45, 7) is 9.14. The molecule has 5 nitrogen and oxygen atoms in total. The van der Waals surface area contributed by atoms with E-state index in [0.717, 1.165) is 39.1 Å². The lowest BCUT2D eigenvalue weighted by molar-refractivity contribution is -0.121. The van der Waals surface area contributed by atoms with Crippen LogP contribution in [0.2, 0.25) is 0 Å². The van der Waals surface area contributed by atoms with Crippen LogP contribution in [0.5, 0.6) is 0 Å². The minimum atomic E-state index is 0.173. The van der Waals surface area contributed by atoms with Gasteiger partial charge in [-0.25, -0.2) is 0 Å². The zero-order chi connectivity index (χ0) is 14.3. The zero-order valence-corrected chi connectivity index (χ0v) is 12.9. The lowest BCUT2D eigenvalue weighted by Gasteiger charge is -2.37. The van der Waals surface area contributed by atoms with Crippen molar-refractivity contribution in [3.8, 4) is 0 Å². The Bertz CT molecular complexity index is 270. The second-order valence-electron chi connectivity index (χ2n) is 5.91. The van der Waals surface area contributed by atoms with E-state index in [-0.39, 0.29) is 5.91 Å². The highest BCUT2D eigenvalue weighted by atomic mass is 16.1. The minimum Gasteiger partial charge on any atom is -0.354 e. The Morgan fingerprint density at radius 2 is 2.05 bits per heavy atom. The monoisotopic (exact) mass is 270 g/mol. The van der Waals surface area contributed by atoms with Gasteiger partial charge >= 0.3 is 0 Å². The van der Waals surface area contributed by atoms with Crippen LogP contribution < -0.4 is 10.6 Å². The van der Waals surface area contributed by atoms with E-state index in [4.69, 9.17) is 0 Å². The van der Waals surface area contributed by atoms with E-state index in [2.05, 4.69) is 48.4 Å². The molecule has 0 aromatic rings. The maximum Gasteiger partial charge on any atom is 0.220 e. The molecule has 0 spiro atoms. The van der Waals surface area contributed by atoms with Crippen LogP contribution >= 0.6 is 0 Å². The molecular formula is C14H30N4O. The van der Waals surface area contributed by atoms with Gasteiger partial charge in [0.05, 0.1) is 0 Å². The highest BCUT2D eigenvalue weighted by Gasteiger charge is 2.22. The lowest BCUT2D eigenvalue weighted by atomic mass is 10.2. The fourth-order valence-electron chi connectivity index (χ4n) is 2.28. The largest absolute Gasteiger partial charge is 0.354 e. The zero-order valence-electron chi connectivity index (χ0n) is 12.9. The van der Waals surface area contributed by atoms with Crippen LogP contribution in [0.4, 0.5) is 0 Å². The number of hydrogen-bond acceptors (Lipinski definition) is 4. The van der Waals surface area contributed by atoms with Crippen LogP contribution in [0, 0.1) is 0 Å². The van der Waals surface area contributed by atoms with Crippen molar-refractivity contribution in [1.29, 1.82) is 0 Å². The fourth-order valence-corrected chi connectivity index (χ4v) is 2.28. The van der Waals surface area contributed by atoms with Crippen molar-refractivity contribution >= 4 is 5.91 Å². The normalized spacial score (nSPS) is 21.8. The topological polar surface area (TPSA) is 47.6 Å². The first-order valence-corrected chi connectivity index (χ1v) is 7.38. The van der Waals surface area contributed by atoms with E-state index < -0.39 is 0 Å². The Balaban J connectivity index is 2.11. The summed E-state index contributed by atoms with van der Waals surface area (Å²) in [6, 6.07) is 0.936. The summed E-state index contributed by atoms with van der Waals surface area (Å²) >= 11 is 0. The molecule has 0 aromatic heterocycles. The Morgan fingerprint density at radius 1 is 1.32 bits per heavy atom. The first-order valence-electron chi connectivity index (χ1n) is 7.38. The number of carbonyl (C=O) groups is 1. The molecule has 19 heavy (non-hydrogen) atoms. The maximum absolute atomic E-state index is 11.7. The van der Waals surface area contributed by atoms with Gasteiger partial charge in [-0.2, -0.15) is 0 Å². The van der Waals surface area contributed by atoms with Gasteiger partial charge in [-0.3, -0.25) is 9.69 Å². The molecule has 1 fully saturated rings. The summed E-state index contributed by atoms with van der Waals surface area (Å²) in [4.78, 5) is 16.4. The molecule has 1 heterocycles. The van der Waals surface area contributed by atoms with Gasteiger partial charge in [-0.1, -0.05) is 13.8 Å². The number of nitrogens with zero attached hydrogens (tertiary/aromatic N) is 2. The van der Waals surface area contributed by atoms with Crippen molar-refractivity contribution < 1.29 is 4.79 Å². The van der Waals surface area contributed by atoms with Crippen LogP contribution in [0.1, 0.15) is 26.7 Å². The molecular weight excluding hydrogens is 240 g/mol. The molecule has 0 aliphatic carbocycles. The molecule has 1 rings (SSSR count). The predicted octanol–water partition coefficient (Wildman–Crippen LogP) is 0.127. The number of nitrogens with one attached hydrogen (secondary N) is 2. The minimum absolute atomic E-state index is 0.173. The maximum atomic E-state index is 11.7. The van der Waals surface area contributed by atoms with Gasteiger partial charge in [-0.05, 0) is 27.1 Å². The third-order valence-electron chi connectivity index (χ3n) is 3.65. The van der Waals surface area contributed by atoms with Gasteiger partial charge in [0.1, 0.15) is 0 Å². The molecule has 1 aliphatic heterocycles. The molecule has 1 aliphatic rings. The second kappa shape index (κ2) is 8.51. The number of likely N-dealkylation sites (N-methyl/N-ethyl adjacent to an activating group) is 2. The Hall–Kier alpha value is -0.650. The van der Waals surface area contributed by atoms with E-state index in [1.54, 1.807) is 0 Å². The van der Waals surface area contributed by atoms with E-state index in [1.165, 1.54) is 0 Å². The van der Waals surface area contributed by atoms with E-state index in [9.17, 15) is 4.79 Å². The third-order valence-corrected chi connectivity index (χ3v) is 3.65. The molecule has 0 saturated carbocycles. The van der Waals surface area contributed by atoms with Crippen LogP contribution in [0.15, 0.2) is 0 Å². The second-order valence-corrected chi connectivity index (χ2v) is 5.91. The van der Waals surface area contributed by atoms with Gasteiger partial charge in [0.2, 0.25) is 5.91 Å². The first kappa shape index (κ1) is 16.4. The Kier molecular flexibility index (Phi) is 7.34. The van der Waals surface area contributed by atoms with Crippen LogP contribution in [-0.2, 0) is 4.79 Å². The van der Waals surface area contributed by atoms with Crippen molar-refractivity contribution in [3.05, 3.63) is 0 Å². The van der Waals surface area contributed by atoms with Crippen molar-refractivity contribution in [3.63, 3.8) is 0 Å². The highest BCUT2D eigenvalue weighted by Crippen LogP contribution is 2.04. The summed E-state index contributed by atoms with van der Waals surface area (Å²) < 4.78 is 0. The SMILES string of the molecule is CC(C)NCCCC(=O)NCC1CN(C)CCN1C. The lowest BCUT2D eigenvalue weighted by Crippen LogP contribution is -2.54. The van der Waals surface area contributed by atoms with Gasteiger partial charge in [0.25, 0.3) is 0 Å². The van der Waals surface area contributed by atoms with Gasteiger partial charge in [-0.15, -0.1) is 0 Å². The number of piperazine rings is 1. The molecule has 112 valence electrons. The standard InChI is InChI=1S/C14H30N4O/c1-12(2)15-7-5-6-14(19)16-10-13-11-17(3)8-9-18(13)4/h12-13,15H,5-11H2,1-4H3,(H,16,19). The van der Waals surface area contributed by atoms with Crippen molar-refractivity contribution in [2.45, 2.75) is 38.8 Å². The van der Waals surface area contributed by atoms with Gasteiger partial charge in [0.15, 0.2) is 0 Å². The number of amides is 1. The number of hydrogen-bond donors (Lipinski definition) is 2. The smallest absolute Gasteiger partial charge is 0.220 e. The summed E-state index contributed by atoms with van der Waals surface area (Å²) in [5.41, 5.74) is 0. The molecule has 0 radical (unpaired) electrons. The average Bonchev–Trinajstić information content (AvgIpc) is 2.35. The molecule has 1 atom stereocenters. The predicted molar refractivity (Wildman–Crippen MR) is 79.3 cm³/mol. The average molecular weight is 270 g/mol. The molecule has 0 aromatic carbocycles. The fraction of sp³-hybridized carbons (Fsp3) is 0.929. The summed E-state index contributed by atoms with van der Waals surface area (Å²) in [5.74, 6) is 0.173. The van der Waals surface area contributed by atoms with Crippen molar-refractivity contribution in [2.24, 2.45) is 0 Å². The van der Waals surface area contributed by atoms with E-state index >= 15 is 0 Å². The molecule has 5 heteroatoms. The molecule has 0 bridgehead atoms. The molecule has 1 amide bonds. The quantitative estimate of drug-likeness (QED) is 0.646. The Morgan fingerprint density at radius 3 is 2.74 bits per heavy atom.